The summed E-state index contributed by atoms with van der Waals surface area (Å²) in [5, 5.41) is 10.1. The van der Waals surface area contributed by atoms with Gasteiger partial charge in [-0.2, -0.15) is 0 Å². The second-order valence-corrected chi connectivity index (χ2v) is 4.63. The summed E-state index contributed by atoms with van der Waals surface area (Å²) >= 11 is 0. The Morgan fingerprint density at radius 1 is 1.24 bits per heavy atom. The van der Waals surface area contributed by atoms with Crippen molar-refractivity contribution in [3.63, 3.8) is 0 Å². The number of nitrogens with zero attached hydrogens (tertiary/aromatic N) is 1. The van der Waals surface area contributed by atoms with E-state index in [1.165, 1.54) is 25.9 Å². The van der Waals surface area contributed by atoms with Gasteiger partial charge in [-0.15, -0.1) is 0 Å². The third-order valence-electron chi connectivity index (χ3n) is 3.42. The quantitative estimate of drug-likeness (QED) is 0.849. The van der Waals surface area contributed by atoms with E-state index in [1.54, 1.807) is 7.11 Å². The molecule has 1 aromatic carbocycles. The van der Waals surface area contributed by atoms with Crippen LogP contribution in [0.1, 0.15) is 30.9 Å². The van der Waals surface area contributed by atoms with Gasteiger partial charge < -0.3 is 14.7 Å². The molecule has 2 rings (SSSR count). The number of hydrogen-bond donors (Lipinski definition) is 1. The molecule has 3 nitrogen and oxygen atoms in total. The van der Waals surface area contributed by atoms with Gasteiger partial charge in [-0.05, 0) is 50.0 Å². The number of benzene rings is 1. The molecule has 1 N–H and O–H groups in total. The average molecular weight is 235 g/mol. The van der Waals surface area contributed by atoms with Gasteiger partial charge in [-0.25, -0.2) is 0 Å². The number of aliphatic hydroxyl groups is 1. The second kappa shape index (κ2) is 6.03. The highest BCUT2D eigenvalue weighted by Gasteiger charge is 2.14. The fraction of sp³-hybridized carbons (Fsp3) is 0.571. The van der Waals surface area contributed by atoms with Crippen LogP contribution < -0.4 is 4.74 Å². The van der Waals surface area contributed by atoms with E-state index in [9.17, 15) is 5.11 Å². The van der Waals surface area contributed by atoms with Crippen molar-refractivity contribution >= 4 is 0 Å². The van der Waals surface area contributed by atoms with Crippen LogP contribution in [-0.2, 0) is 0 Å². The van der Waals surface area contributed by atoms with E-state index >= 15 is 0 Å². The first-order chi connectivity index (χ1) is 8.29. The average Bonchev–Trinajstić information content (AvgIpc) is 2.89. The molecule has 94 valence electrons. The van der Waals surface area contributed by atoms with E-state index in [-0.39, 0.29) is 6.10 Å². The maximum atomic E-state index is 10.1. The molecule has 1 saturated heterocycles. The van der Waals surface area contributed by atoms with Gasteiger partial charge in [0.2, 0.25) is 0 Å². The molecule has 17 heavy (non-hydrogen) atoms. The standard InChI is InChI=1S/C14H21NO2/c1-17-13-6-4-12(5-7-13)14(16)8-11-15-9-2-3-10-15/h4-7,14,16H,2-3,8-11H2,1H3/t14-/m1/s1. The largest absolute Gasteiger partial charge is 0.497 e. The van der Waals surface area contributed by atoms with Gasteiger partial charge in [0.25, 0.3) is 0 Å². The van der Waals surface area contributed by atoms with E-state index in [0.717, 1.165) is 24.3 Å². The molecule has 0 radical (unpaired) electrons. The van der Waals surface area contributed by atoms with E-state index in [0.29, 0.717) is 0 Å². The molecule has 1 fully saturated rings. The van der Waals surface area contributed by atoms with Crippen LogP contribution in [0.2, 0.25) is 0 Å². The third kappa shape index (κ3) is 3.45. The molecule has 0 spiro atoms. The molecule has 1 heterocycles. The van der Waals surface area contributed by atoms with Crippen LogP contribution in [-0.4, -0.2) is 36.8 Å². The summed E-state index contributed by atoms with van der Waals surface area (Å²) in [5.41, 5.74) is 0.977. The first-order valence-corrected chi connectivity index (χ1v) is 6.34. The van der Waals surface area contributed by atoms with Crippen molar-refractivity contribution in [2.75, 3.05) is 26.7 Å². The van der Waals surface area contributed by atoms with Gasteiger partial charge in [0, 0.05) is 6.54 Å². The van der Waals surface area contributed by atoms with Crippen molar-refractivity contribution in [3.05, 3.63) is 29.8 Å². The summed E-state index contributed by atoms with van der Waals surface area (Å²) in [6.45, 7) is 3.37. The minimum atomic E-state index is -0.360. The summed E-state index contributed by atoms with van der Waals surface area (Å²) in [7, 11) is 1.65. The molecule has 0 saturated carbocycles. The highest BCUT2D eigenvalue weighted by Crippen LogP contribution is 2.21. The van der Waals surface area contributed by atoms with Gasteiger partial charge in [-0.1, -0.05) is 12.1 Å². The number of likely N-dealkylation sites (tertiary alicyclic amines) is 1. The molecular formula is C14H21NO2. The van der Waals surface area contributed by atoms with E-state index in [2.05, 4.69) is 4.90 Å². The molecule has 0 unspecified atom stereocenters. The fourth-order valence-electron chi connectivity index (χ4n) is 2.30. The number of hydrogen-bond acceptors (Lipinski definition) is 3. The summed E-state index contributed by atoms with van der Waals surface area (Å²) in [5.74, 6) is 0.834. The summed E-state index contributed by atoms with van der Waals surface area (Å²) < 4.78 is 5.10. The van der Waals surface area contributed by atoms with Crippen molar-refractivity contribution in [1.82, 2.24) is 4.90 Å². The molecular weight excluding hydrogens is 214 g/mol. The van der Waals surface area contributed by atoms with Crippen LogP contribution in [0.4, 0.5) is 0 Å². The minimum Gasteiger partial charge on any atom is -0.497 e. The predicted molar refractivity (Wildman–Crippen MR) is 68.2 cm³/mol. The topological polar surface area (TPSA) is 32.7 Å². The molecule has 0 amide bonds. The first kappa shape index (κ1) is 12.4. The molecule has 1 aromatic rings. The molecule has 1 aliphatic rings. The Labute approximate surface area is 103 Å². The Hall–Kier alpha value is -1.06. The van der Waals surface area contributed by atoms with Crippen molar-refractivity contribution < 1.29 is 9.84 Å². The van der Waals surface area contributed by atoms with Gasteiger partial charge in [-0.3, -0.25) is 0 Å². The van der Waals surface area contributed by atoms with Gasteiger partial charge in [0.1, 0.15) is 5.75 Å². The Bertz CT molecular complexity index is 331. The number of rotatable bonds is 5. The Kier molecular flexibility index (Phi) is 4.40. The van der Waals surface area contributed by atoms with Crippen molar-refractivity contribution in [2.24, 2.45) is 0 Å². The molecule has 0 aromatic heterocycles. The van der Waals surface area contributed by atoms with Gasteiger partial charge in [0.05, 0.1) is 13.2 Å². The summed E-state index contributed by atoms with van der Waals surface area (Å²) in [6.07, 6.45) is 3.06. The van der Waals surface area contributed by atoms with Crippen molar-refractivity contribution in [1.29, 1.82) is 0 Å². The Morgan fingerprint density at radius 3 is 2.47 bits per heavy atom. The molecule has 1 aliphatic heterocycles. The van der Waals surface area contributed by atoms with Gasteiger partial charge in [0.15, 0.2) is 0 Å². The lowest BCUT2D eigenvalue weighted by Gasteiger charge is -2.17. The minimum absolute atomic E-state index is 0.360. The Balaban J connectivity index is 1.83. The van der Waals surface area contributed by atoms with Crippen molar-refractivity contribution in [3.8, 4) is 5.75 Å². The monoisotopic (exact) mass is 235 g/mol. The van der Waals surface area contributed by atoms with Crippen LogP contribution in [0, 0.1) is 0 Å². The fourth-order valence-corrected chi connectivity index (χ4v) is 2.30. The van der Waals surface area contributed by atoms with Crippen LogP contribution in [0.5, 0.6) is 5.75 Å². The zero-order chi connectivity index (χ0) is 12.1. The lowest BCUT2D eigenvalue weighted by molar-refractivity contribution is 0.149. The first-order valence-electron chi connectivity index (χ1n) is 6.34. The highest BCUT2D eigenvalue weighted by atomic mass is 16.5. The summed E-state index contributed by atoms with van der Waals surface area (Å²) in [6, 6.07) is 7.67. The third-order valence-corrected chi connectivity index (χ3v) is 3.42. The van der Waals surface area contributed by atoms with Gasteiger partial charge >= 0.3 is 0 Å². The molecule has 0 bridgehead atoms. The van der Waals surface area contributed by atoms with Crippen LogP contribution in [0.3, 0.4) is 0 Å². The maximum absolute atomic E-state index is 10.1. The molecule has 1 atom stereocenters. The van der Waals surface area contributed by atoms with E-state index < -0.39 is 0 Å². The normalized spacial score (nSPS) is 18.2. The number of ether oxygens (including phenoxy) is 1. The number of aliphatic hydroxyl groups excluding tert-OH is 1. The highest BCUT2D eigenvalue weighted by molar-refractivity contribution is 5.28. The SMILES string of the molecule is COc1ccc([C@H](O)CCN2CCCC2)cc1. The van der Waals surface area contributed by atoms with E-state index in [4.69, 9.17) is 4.74 Å². The van der Waals surface area contributed by atoms with E-state index in [1.807, 2.05) is 24.3 Å². The molecule has 3 heteroatoms. The zero-order valence-electron chi connectivity index (χ0n) is 10.4. The smallest absolute Gasteiger partial charge is 0.118 e. The summed E-state index contributed by atoms with van der Waals surface area (Å²) in [4.78, 5) is 2.42. The lowest BCUT2D eigenvalue weighted by atomic mass is 10.1. The second-order valence-electron chi connectivity index (χ2n) is 4.63. The van der Waals surface area contributed by atoms with Crippen LogP contribution in [0.15, 0.2) is 24.3 Å². The van der Waals surface area contributed by atoms with Crippen LogP contribution >= 0.6 is 0 Å². The zero-order valence-corrected chi connectivity index (χ0v) is 10.4. The predicted octanol–water partition coefficient (Wildman–Crippen LogP) is 2.21. The van der Waals surface area contributed by atoms with Crippen LogP contribution in [0.25, 0.3) is 0 Å². The van der Waals surface area contributed by atoms with Crippen molar-refractivity contribution in [2.45, 2.75) is 25.4 Å². The lowest BCUT2D eigenvalue weighted by Crippen LogP contribution is -2.22. The Morgan fingerprint density at radius 2 is 1.88 bits per heavy atom. The number of methoxy groups -OCH3 is 1. The molecule has 0 aliphatic carbocycles. The maximum Gasteiger partial charge on any atom is 0.118 e.